The Hall–Kier alpha value is -3.47. The number of hydrogen-bond acceptors (Lipinski definition) is 4. The monoisotopic (exact) mass is 389 g/mol. The third kappa shape index (κ3) is 5.08. The van der Waals surface area contributed by atoms with E-state index < -0.39 is 0 Å². The number of hydrogen-bond donors (Lipinski definition) is 1. The van der Waals surface area contributed by atoms with Crippen molar-refractivity contribution in [2.75, 3.05) is 25.1 Å². The van der Waals surface area contributed by atoms with Crippen molar-refractivity contribution in [3.05, 3.63) is 83.9 Å². The van der Waals surface area contributed by atoms with E-state index in [2.05, 4.69) is 17.4 Å². The fourth-order valence-electron chi connectivity index (χ4n) is 3.19. The molecular weight excluding hydrogens is 366 g/mol. The second kappa shape index (κ2) is 9.15. The number of anilines is 1. The SMILES string of the molecule is O=C(COc1ccccc1Cc1ccccc1)Nc1ccc2c(c1)OCCCO2. The van der Waals surface area contributed by atoms with Gasteiger partial charge in [-0.1, -0.05) is 48.5 Å². The minimum absolute atomic E-state index is 0.0692. The Morgan fingerprint density at radius 3 is 2.52 bits per heavy atom. The fourth-order valence-corrected chi connectivity index (χ4v) is 3.19. The van der Waals surface area contributed by atoms with E-state index >= 15 is 0 Å². The van der Waals surface area contributed by atoms with E-state index in [1.54, 1.807) is 12.1 Å². The number of rotatable bonds is 6. The molecule has 3 aromatic rings. The van der Waals surface area contributed by atoms with E-state index in [1.807, 2.05) is 48.5 Å². The van der Waals surface area contributed by atoms with Gasteiger partial charge in [-0.3, -0.25) is 4.79 Å². The van der Waals surface area contributed by atoms with Crippen LogP contribution in [-0.2, 0) is 11.2 Å². The Morgan fingerprint density at radius 1 is 0.897 bits per heavy atom. The third-order valence-corrected chi connectivity index (χ3v) is 4.60. The van der Waals surface area contributed by atoms with Crippen LogP contribution in [0, 0.1) is 0 Å². The lowest BCUT2D eigenvalue weighted by molar-refractivity contribution is -0.118. The van der Waals surface area contributed by atoms with Crippen LogP contribution in [0.4, 0.5) is 5.69 Å². The van der Waals surface area contributed by atoms with Crippen LogP contribution in [0.1, 0.15) is 17.5 Å². The molecule has 1 N–H and O–H groups in total. The van der Waals surface area contributed by atoms with Gasteiger partial charge in [0.2, 0.25) is 0 Å². The van der Waals surface area contributed by atoms with Gasteiger partial charge in [0.05, 0.1) is 13.2 Å². The molecule has 1 aliphatic heterocycles. The molecule has 29 heavy (non-hydrogen) atoms. The van der Waals surface area contributed by atoms with Crippen molar-refractivity contribution in [2.24, 2.45) is 0 Å². The standard InChI is InChI=1S/C24H23NO4/c26-24(25-20-11-12-22-23(16-20)28-14-6-13-27-22)17-29-21-10-5-4-9-19(21)15-18-7-2-1-3-8-18/h1-5,7-12,16H,6,13-15,17H2,(H,25,26). The first kappa shape index (κ1) is 18.9. The molecule has 0 bridgehead atoms. The second-order valence-electron chi connectivity index (χ2n) is 6.82. The molecule has 5 heteroatoms. The summed E-state index contributed by atoms with van der Waals surface area (Å²) in [5.74, 6) is 1.83. The molecule has 0 unspecified atom stereocenters. The molecule has 3 aromatic carbocycles. The fraction of sp³-hybridized carbons (Fsp3) is 0.208. The number of carbonyl (C=O) groups is 1. The van der Waals surface area contributed by atoms with E-state index in [1.165, 1.54) is 5.56 Å². The zero-order valence-corrected chi connectivity index (χ0v) is 16.1. The summed E-state index contributed by atoms with van der Waals surface area (Å²) in [5, 5.41) is 2.85. The first-order chi connectivity index (χ1) is 14.3. The van der Waals surface area contributed by atoms with Crippen molar-refractivity contribution in [2.45, 2.75) is 12.8 Å². The van der Waals surface area contributed by atoms with E-state index in [9.17, 15) is 4.79 Å². The average Bonchev–Trinajstić information content (AvgIpc) is 2.99. The number of nitrogens with one attached hydrogen (secondary N) is 1. The summed E-state index contributed by atoms with van der Waals surface area (Å²) >= 11 is 0. The molecule has 0 atom stereocenters. The highest BCUT2D eigenvalue weighted by Crippen LogP contribution is 2.32. The summed E-state index contributed by atoms with van der Waals surface area (Å²) in [6.45, 7) is 1.17. The van der Waals surface area contributed by atoms with Gasteiger partial charge in [-0.25, -0.2) is 0 Å². The van der Waals surface area contributed by atoms with Crippen LogP contribution in [-0.4, -0.2) is 25.7 Å². The number of carbonyl (C=O) groups excluding carboxylic acids is 1. The van der Waals surface area contributed by atoms with Crippen LogP contribution < -0.4 is 19.5 Å². The summed E-state index contributed by atoms with van der Waals surface area (Å²) in [6, 6.07) is 23.4. The molecule has 4 rings (SSSR count). The van der Waals surface area contributed by atoms with E-state index in [0.29, 0.717) is 36.1 Å². The first-order valence-electron chi connectivity index (χ1n) is 9.72. The molecule has 0 saturated carbocycles. The van der Waals surface area contributed by atoms with E-state index in [-0.39, 0.29) is 12.5 Å². The lowest BCUT2D eigenvalue weighted by Gasteiger charge is -2.13. The molecule has 5 nitrogen and oxygen atoms in total. The maximum absolute atomic E-state index is 12.4. The summed E-state index contributed by atoms with van der Waals surface area (Å²) in [4.78, 5) is 12.4. The van der Waals surface area contributed by atoms with Crippen molar-refractivity contribution in [1.29, 1.82) is 0 Å². The van der Waals surface area contributed by atoms with Crippen molar-refractivity contribution < 1.29 is 19.0 Å². The normalized spacial score (nSPS) is 12.7. The molecule has 0 aliphatic carbocycles. The summed E-state index contributed by atoms with van der Waals surface area (Å²) in [7, 11) is 0. The second-order valence-corrected chi connectivity index (χ2v) is 6.82. The minimum Gasteiger partial charge on any atom is -0.490 e. The number of ether oxygens (including phenoxy) is 3. The van der Waals surface area contributed by atoms with Gasteiger partial charge in [-0.2, -0.15) is 0 Å². The Kier molecular flexibility index (Phi) is 5.95. The molecule has 0 fully saturated rings. The Morgan fingerprint density at radius 2 is 1.66 bits per heavy atom. The highest BCUT2D eigenvalue weighted by atomic mass is 16.5. The van der Waals surface area contributed by atoms with E-state index in [0.717, 1.165) is 18.4 Å². The van der Waals surface area contributed by atoms with Crippen molar-refractivity contribution in [3.63, 3.8) is 0 Å². The van der Waals surface area contributed by atoms with Crippen molar-refractivity contribution in [1.82, 2.24) is 0 Å². The van der Waals surface area contributed by atoms with Gasteiger partial charge in [0.1, 0.15) is 5.75 Å². The maximum atomic E-state index is 12.4. The Bertz CT molecular complexity index is 972. The number of para-hydroxylation sites is 1. The minimum atomic E-state index is -0.228. The molecule has 1 heterocycles. The highest BCUT2D eigenvalue weighted by molar-refractivity contribution is 5.92. The number of benzene rings is 3. The molecule has 0 spiro atoms. The molecule has 1 amide bonds. The highest BCUT2D eigenvalue weighted by Gasteiger charge is 2.13. The third-order valence-electron chi connectivity index (χ3n) is 4.60. The maximum Gasteiger partial charge on any atom is 0.262 e. The predicted molar refractivity (Wildman–Crippen MR) is 112 cm³/mol. The largest absolute Gasteiger partial charge is 0.490 e. The quantitative estimate of drug-likeness (QED) is 0.676. The molecule has 0 saturated heterocycles. The van der Waals surface area contributed by atoms with Gasteiger partial charge in [-0.15, -0.1) is 0 Å². The molecule has 1 aliphatic rings. The summed E-state index contributed by atoms with van der Waals surface area (Å²) in [5.41, 5.74) is 2.89. The van der Waals surface area contributed by atoms with Crippen LogP contribution in [0.25, 0.3) is 0 Å². The zero-order chi connectivity index (χ0) is 19.9. The van der Waals surface area contributed by atoms with Gasteiger partial charge < -0.3 is 19.5 Å². The van der Waals surface area contributed by atoms with Crippen LogP contribution >= 0.6 is 0 Å². The summed E-state index contributed by atoms with van der Waals surface area (Å²) in [6.07, 6.45) is 1.59. The lowest BCUT2D eigenvalue weighted by atomic mass is 10.0. The van der Waals surface area contributed by atoms with Gasteiger partial charge in [-0.05, 0) is 29.3 Å². The molecular formula is C24H23NO4. The van der Waals surface area contributed by atoms with Gasteiger partial charge >= 0.3 is 0 Å². The Labute approximate surface area is 170 Å². The predicted octanol–water partition coefficient (Wildman–Crippen LogP) is 4.46. The summed E-state index contributed by atoms with van der Waals surface area (Å²) < 4.78 is 17.1. The Balaban J connectivity index is 1.37. The average molecular weight is 389 g/mol. The van der Waals surface area contributed by atoms with Gasteiger partial charge in [0, 0.05) is 24.6 Å². The zero-order valence-electron chi connectivity index (χ0n) is 16.1. The van der Waals surface area contributed by atoms with Crippen LogP contribution in [0.15, 0.2) is 72.8 Å². The first-order valence-corrected chi connectivity index (χ1v) is 9.72. The molecule has 148 valence electrons. The van der Waals surface area contributed by atoms with Crippen LogP contribution in [0.5, 0.6) is 17.2 Å². The molecule has 0 aromatic heterocycles. The number of fused-ring (bicyclic) bond motifs is 1. The van der Waals surface area contributed by atoms with Gasteiger partial charge in [0.25, 0.3) is 5.91 Å². The topological polar surface area (TPSA) is 56.8 Å². The lowest BCUT2D eigenvalue weighted by Crippen LogP contribution is -2.20. The van der Waals surface area contributed by atoms with Crippen molar-refractivity contribution in [3.8, 4) is 17.2 Å². The smallest absolute Gasteiger partial charge is 0.262 e. The van der Waals surface area contributed by atoms with E-state index in [4.69, 9.17) is 14.2 Å². The van der Waals surface area contributed by atoms with Crippen LogP contribution in [0.2, 0.25) is 0 Å². The molecule has 0 radical (unpaired) electrons. The number of amides is 1. The van der Waals surface area contributed by atoms with Crippen LogP contribution in [0.3, 0.4) is 0 Å². The van der Waals surface area contributed by atoms with Crippen molar-refractivity contribution >= 4 is 11.6 Å². The van der Waals surface area contributed by atoms with Gasteiger partial charge in [0.15, 0.2) is 18.1 Å².